The lowest BCUT2D eigenvalue weighted by Crippen LogP contribution is -2.30. The lowest BCUT2D eigenvalue weighted by molar-refractivity contribution is -0.153. The number of nitrogens with one attached hydrogen (secondary N) is 1. The minimum Gasteiger partial charge on any atom is -0.453 e. The summed E-state index contributed by atoms with van der Waals surface area (Å²) in [5.41, 5.74) is 1.75. The number of anilines is 1. The average molecular weight is 361 g/mol. The number of benzene rings is 3. The number of ether oxygens (including phenoxy) is 1. The number of hydrogen-bond acceptors (Lipinski definition) is 3. The molecule has 138 valence electrons. The van der Waals surface area contributed by atoms with Crippen molar-refractivity contribution in [2.75, 3.05) is 5.32 Å². The summed E-state index contributed by atoms with van der Waals surface area (Å²) in [6.07, 6.45) is -0.621. The summed E-state index contributed by atoms with van der Waals surface area (Å²) in [6.45, 7) is 3.55. The summed E-state index contributed by atoms with van der Waals surface area (Å²) in [6, 6.07) is 23.4. The van der Waals surface area contributed by atoms with Crippen LogP contribution in [0.15, 0.2) is 72.8 Å². The van der Waals surface area contributed by atoms with E-state index in [1.54, 1.807) is 6.92 Å². The Balaban J connectivity index is 1.55. The van der Waals surface area contributed by atoms with Crippen molar-refractivity contribution in [2.45, 2.75) is 32.3 Å². The molecule has 0 aliphatic carbocycles. The van der Waals surface area contributed by atoms with Crippen molar-refractivity contribution in [3.05, 3.63) is 78.4 Å². The van der Waals surface area contributed by atoms with E-state index in [9.17, 15) is 9.59 Å². The number of amides is 1. The summed E-state index contributed by atoms with van der Waals surface area (Å²) in [5.74, 6) is -0.687. The number of rotatable bonds is 6. The third-order valence-electron chi connectivity index (χ3n) is 4.54. The molecule has 4 heteroatoms. The molecule has 3 aromatic carbocycles. The van der Waals surface area contributed by atoms with E-state index in [0.29, 0.717) is 5.69 Å². The fourth-order valence-electron chi connectivity index (χ4n) is 2.96. The Morgan fingerprint density at radius 2 is 1.56 bits per heavy atom. The minimum atomic E-state index is -0.855. The number of carbonyl (C=O) groups excluding carboxylic acids is 2. The molecule has 3 rings (SSSR count). The summed E-state index contributed by atoms with van der Waals surface area (Å²) >= 11 is 0. The predicted molar refractivity (Wildman–Crippen MR) is 108 cm³/mol. The van der Waals surface area contributed by atoms with Crippen molar-refractivity contribution in [1.29, 1.82) is 0 Å². The SMILES string of the molecule is C[C@H](OC(=O)C[C@@H](C)c1ccccc1)C(=O)Nc1ccc2ccccc2c1. The molecule has 0 bridgehead atoms. The second kappa shape index (κ2) is 8.49. The van der Waals surface area contributed by atoms with Crippen molar-refractivity contribution in [3.8, 4) is 0 Å². The second-order valence-electron chi connectivity index (χ2n) is 6.70. The van der Waals surface area contributed by atoms with E-state index in [0.717, 1.165) is 16.3 Å². The van der Waals surface area contributed by atoms with Crippen LogP contribution in [0.25, 0.3) is 10.8 Å². The van der Waals surface area contributed by atoms with Gasteiger partial charge in [0.15, 0.2) is 6.10 Å². The molecule has 0 radical (unpaired) electrons. The summed E-state index contributed by atoms with van der Waals surface area (Å²) in [7, 11) is 0. The van der Waals surface area contributed by atoms with E-state index in [1.165, 1.54) is 0 Å². The second-order valence-corrected chi connectivity index (χ2v) is 6.70. The van der Waals surface area contributed by atoms with Crippen LogP contribution in [0, 0.1) is 0 Å². The van der Waals surface area contributed by atoms with E-state index in [4.69, 9.17) is 4.74 Å². The van der Waals surface area contributed by atoms with Crippen LogP contribution in [0.1, 0.15) is 31.7 Å². The molecule has 2 atom stereocenters. The third kappa shape index (κ3) is 4.94. The van der Waals surface area contributed by atoms with Crippen molar-refractivity contribution < 1.29 is 14.3 Å². The summed E-state index contributed by atoms with van der Waals surface area (Å²) in [5, 5.41) is 4.95. The fraction of sp³-hybridized carbons (Fsp3) is 0.217. The molecule has 0 heterocycles. The number of fused-ring (bicyclic) bond motifs is 1. The maximum absolute atomic E-state index is 12.4. The van der Waals surface area contributed by atoms with Crippen LogP contribution in [0.4, 0.5) is 5.69 Å². The van der Waals surface area contributed by atoms with Gasteiger partial charge in [-0.2, -0.15) is 0 Å². The van der Waals surface area contributed by atoms with E-state index in [2.05, 4.69) is 5.32 Å². The van der Waals surface area contributed by atoms with Gasteiger partial charge in [0.1, 0.15) is 0 Å². The molecular formula is C23H23NO3. The average Bonchev–Trinajstić information content (AvgIpc) is 2.68. The van der Waals surface area contributed by atoms with Gasteiger partial charge in [-0.3, -0.25) is 9.59 Å². The highest BCUT2D eigenvalue weighted by Crippen LogP contribution is 2.21. The lowest BCUT2D eigenvalue weighted by atomic mass is 9.98. The molecular weight excluding hydrogens is 338 g/mol. The summed E-state index contributed by atoms with van der Waals surface area (Å²) in [4.78, 5) is 24.5. The Labute approximate surface area is 159 Å². The molecule has 0 unspecified atom stereocenters. The molecule has 3 aromatic rings. The Hall–Kier alpha value is -3.14. The highest BCUT2D eigenvalue weighted by Gasteiger charge is 2.20. The molecule has 4 nitrogen and oxygen atoms in total. The zero-order valence-corrected chi connectivity index (χ0v) is 15.5. The number of carbonyl (C=O) groups is 2. The van der Waals surface area contributed by atoms with Crippen LogP contribution < -0.4 is 5.32 Å². The first-order valence-corrected chi connectivity index (χ1v) is 9.07. The summed E-state index contributed by atoms with van der Waals surface area (Å²) < 4.78 is 5.31. The Morgan fingerprint density at radius 3 is 2.30 bits per heavy atom. The first kappa shape index (κ1) is 18.6. The van der Waals surface area contributed by atoms with Crippen LogP contribution in [0.2, 0.25) is 0 Å². The normalized spacial score (nSPS) is 13.0. The van der Waals surface area contributed by atoms with Crippen molar-refractivity contribution in [2.24, 2.45) is 0 Å². The fourth-order valence-corrected chi connectivity index (χ4v) is 2.96. The lowest BCUT2D eigenvalue weighted by Gasteiger charge is -2.16. The van der Waals surface area contributed by atoms with Crippen LogP contribution in [-0.2, 0) is 14.3 Å². The van der Waals surface area contributed by atoms with E-state index < -0.39 is 6.10 Å². The smallest absolute Gasteiger partial charge is 0.307 e. The molecule has 0 aromatic heterocycles. The van der Waals surface area contributed by atoms with E-state index >= 15 is 0 Å². The van der Waals surface area contributed by atoms with Gasteiger partial charge in [0.05, 0.1) is 6.42 Å². The Bertz CT molecular complexity index is 937. The molecule has 0 aliphatic rings. The van der Waals surface area contributed by atoms with Gasteiger partial charge in [-0.25, -0.2) is 0 Å². The van der Waals surface area contributed by atoms with Gasteiger partial charge in [-0.1, -0.05) is 67.6 Å². The highest BCUT2D eigenvalue weighted by molar-refractivity contribution is 5.97. The van der Waals surface area contributed by atoms with Gasteiger partial charge in [-0.05, 0) is 41.3 Å². The van der Waals surface area contributed by atoms with Crippen LogP contribution >= 0.6 is 0 Å². The standard InChI is InChI=1S/C23H23NO3/c1-16(18-8-4-3-5-9-18)14-22(25)27-17(2)23(26)24-21-13-12-19-10-6-7-11-20(19)15-21/h3-13,15-17H,14H2,1-2H3,(H,24,26)/t16-,17+/m1/s1. The minimum absolute atomic E-state index is 0.0365. The topological polar surface area (TPSA) is 55.4 Å². The molecule has 0 saturated heterocycles. The van der Waals surface area contributed by atoms with Crippen LogP contribution in [0.3, 0.4) is 0 Å². The van der Waals surface area contributed by atoms with Crippen molar-refractivity contribution in [1.82, 2.24) is 0 Å². The van der Waals surface area contributed by atoms with Gasteiger partial charge in [0.25, 0.3) is 5.91 Å². The van der Waals surface area contributed by atoms with Gasteiger partial charge in [-0.15, -0.1) is 0 Å². The molecule has 1 N–H and O–H groups in total. The van der Waals surface area contributed by atoms with Gasteiger partial charge >= 0.3 is 5.97 Å². The zero-order chi connectivity index (χ0) is 19.2. The quantitative estimate of drug-likeness (QED) is 0.635. The van der Waals surface area contributed by atoms with Crippen molar-refractivity contribution in [3.63, 3.8) is 0 Å². The molecule has 27 heavy (non-hydrogen) atoms. The molecule has 0 fully saturated rings. The van der Waals surface area contributed by atoms with Crippen LogP contribution in [-0.4, -0.2) is 18.0 Å². The van der Waals surface area contributed by atoms with Gasteiger partial charge < -0.3 is 10.1 Å². The van der Waals surface area contributed by atoms with Gasteiger partial charge in [0, 0.05) is 5.69 Å². The Morgan fingerprint density at radius 1 is 0.889 bits per heavy atom. The number of hydrogen-bond donors (Lipinski definition) is 1. The van der Waals surface area contributed by atoms with Gasteiger partial charge in [0.2, 0.25) is 0 Å². The maximum Gasteiger partial charge on any atom is 0.307 e. The number of esters is 1. The zero-order valence-electron chi connectivity index (χ0n) is 15.5. The Kier molecular flexibility index (Phi) is 5.87. The van der Waals surface area contributed by atoms with Crippen molar-refractivity contribution >= 4 is 28.3 Å². The van der Waals surface area contributed by atoms with E-state index in [1.807, 2.05) is 79.7 Å². The monoisotopic (exact) mass is 361 g/mol. The first-order chi connectivity index (χ1) is 13.0. The molecule has 0 spiro atoms. The van der Waals surface area contributed by atoms with Crippen LogP contribution in [0.5, 0.6) is 0 Å². The van der Waals surface area contributed by atoms with E-state index in [-0.39, 0.29) is 24.2 Å². The first-order valence-electron chi connectivity index (χ1n) is 9.07. The molecule has 1 amide bonds. The highest BCUT2D eigenvalue weighted by atomic mass is 16.5. The predicted octanol–water partition coefficient (Wildman–Crippen LogP) is 4.90. The third-order valence-corrected chi connectivity index (χ3v) is 4.54. The largest absolute Gasteiger partial charge is 0.453 e. The molecule has 0 aliphatic heterocycles. The molecule has 0 saturated carbocycles. The maximum atomic E-state index is 12.4.